The number of carbonyl (C=O) groups is 1. The average Bonchev–Trinajstić information content (AvgIpc) is 2.71. The number of nitrogens with zero attached hydrogens (tertiary/aromatic N) is 2. The van der Waals surface area contributed by atoms with Gasteiger partial charge in [-0.25, -0.2) is 8.42 Å². The van der Waals surface area contributed by atoms with Crippen LogP contribution < -0.4 is 9.64 Å². The lowest BCUT2D eigenvalue weighted by atomic mass is 10.1. The van der Waals surface area contributed by atoms with Gasteiger partial charge in [0.1, 0.15) is 5.75 Å². The number of hydrogen-bond donors (Lipinski definition) is 0. The van der Waals surface area contributed by atoms with Gasteiger partial charge in [-0.05, 0) is 42.5 Å². The number of carbonyl (C=O) groups excluding carboxylic acids is 1. The molecule has 0 bridgehead atoms. The number of piperazine rings is 1. The van der Waals surface area contributed by atoms with Crippen LogP contribution in [0, 0.1) is 0 Å². The van der Waals surface area contributed by atoms with Crippen molar-refractivity contribution < 1.29 is 44.3 Å². The first kappa shape index (κ1) is 24.7. The van der Waals surface area contributed by atoms with Gasteiger partial charge in [-0.2, -0.15) is 13.2 Å². The van der Waals surface area contributed by atoms with Crippen LogP contribution in [0.1, 0.15) is 15.9 Å². The van der Waals surface area contributed by atoms with Gasteiger partial charge in [0.15, 0.2) is 9.84 Å². The molecular formula is C20H18F6N2O4S. The van der Waals surface area contributed by atoms with Crippen molar-refractivity contribution in [2.75, 3.05) is 37.3 Å². The quantitative estimate of drug-likeness (QED) is 0.600. The summed E-state index contributed by atoms with van der Waals surface area (Å²) in [6.07, 6.45) is -8.72. The molecule has 1 aliphatic heterocycles. The molecule has 1 saturated heterocycles. The summed E-state index contributed by atoms with van der Waals surface area (Å²) >= 11 is 0. The van der Waals surface area contributed by atoms with Crippen molar-refractivity contribution >= 4 is 21.4 Å². The maximum atomic E-state index is 12.9. The minimum absolute atomic E-state index is 0.0500. The van der Waals surface area contributed by atoms with Crippen LogP contribution in [0.15, 0.2) is 47.4 Å². The van der Waals surface area contributed by atoms with E-state index in [-0.39, 0.29) is 31.1 Å². The zero-order valence-electron chi connectivity index (χ0n) is 17.1. The zero-order valence-corrected chi connectivity index (χ0v) is 17.9. The average molecular weight is 496 g/mol. The highest BCUT2D eigenvalue weighted by atomic mass is 32.2. The molecule has 0 aliphatic carbocycles. The molecule has 0 radical (unpaired) electrons. The van der Waals surface area contributed by atoms with E-state index < -0.39 is 45.2 Å². The topological polar surface area (TPSA) is 66.9 Å². The van der Waals surface area contributed by atoms with Crippen LogP contribution in [0.5, 0.6) is 5.75 Å². The van der Waals surface area contributed by atoms with Crippen molar-refractivity contribution in [1.82, 2.24) is 4.90 Å². The van der Waals surface area contributed by atoms with Crippen LogP contribution in [0.25, 0.3) is 0 Å². The largest absolute Gasteiger partial charge is 0.573 e. The number of hydrogen-bond acceptors (Lipinski definition) is 5. The number of halogens is 6. The lowest BCUT2D eigenvalue weighted by molar-refractivity contribution is -0.274. The number of ether oxygens (including phenoxy) is 1. The van der Waals surface area contributed by atoms with Gasteiger partial charge >= 0.3 is 12.5 Å². The number of anilines is 1. The first-order valence-corrected chi connectivity index (χ1v) is 11.4. The minimum atomic E-state index is -5.09. The summed E-state index contributed by atoms with van der Waals surface area (Å²) in [6, 6.07) is 6.98. The van der Waals surface area contributed by atoms with Gasteiger partial charge in [0.05, 0.1) is 16.0 Å². The maximum absolute atomic E-state index is 12.9. The lowest BCUT2D eigenvalue weighted by Gasteiger charge is -2.36. The predicted molar refractivity (Wildman–Crippen MR) is 106 cm³/mol. The van der Waals surface area contributed by atoms with E-state index in [0.717, 1.165) is 36.6 Å². The van der Waals surface area contributed by atoms with Crippen molar-refractivity contribution in [1.29, 1.82) is 0 Å². The highest BCUT2D eigenvalue weighted by Gasteiger charge is 2.35. The smallest absolute Gasteiger partial charge is 0.405 e. The summed E-state index contributed by atoms with van der Waals surface area (Å²) in [6.45, 7) is 0.513. The van der Waals surface area contributed by atoms with Crippen LogP contribution in [0.2, 0.25) is 0 Å². The number of amides is 1. The third-order valence-corrected chi connectivity index (χ3v) is 6.07. The van der Waals surface area contributed by atoms with Crippen LogP contribution >= 0.6 is 0 Å². The Hall–Kier alpha value is -2.96. The SMILES string of the molecule is CS(=O)(=O)c1ccc(OC(F)(F)F)c(C(=O)N2CCN(c3ccc(C(F)(F)F)cc3)CC2)c1. The molecule has 3 rings (SSSR count). The highest BCUT2D eigenvalue weighted by Crippen LogP contribution is 2.32. The molecular weight excluding hydrogens is 478 g/mol. The normalized spacial score (nSPS) is 15.5. The van der Waals surface area contributed by atoms with E-state index in [4.69, 9.17) is 0 Å². The Labute approximate surface area is 185 Å². The van der Waals surface area contributed by atoms with E-state index in [9.17, 15) is 39.6 Å². The number of alkyl halides is 6. The van der Waals surface area contributed by atoms with Crippen LogP contribution in [-0.4, -0.2) is 58.0 Å². The molecule has 0 atom stereocenters. The maximum Gasteiger partial charge on any atom is 0.573 e. The van der Waals surface area contributed by atoms with Gasteiger partial charge in [0.25, 0.3) is 5.91 Å². The summed E-state index contributed by atoms with van der Waals surface area (Å²) in [7, 11) is -3.80. The second-order valence-corrected chi connectivity index (χ2v) is 9.32. The van der Waals surface area contributed by atoms with Gasteiger partial charge in [-0.15, -0.1) is 13.2 Å². The van der Waals surface area contributed by atoms with E-state index in [0.29, 0.717) is 5.69 Å². The molecule has 0 N–H and O–H groups in total. The van der Waals surface area contributed by atoms with Gasteiger partial charge in [0, 0.05) is 38.1 Å². The van der Waals surface area contributed by atoms with Gasteiger partial charge < -0.3 is 14.5 Å². The molecule has 1 amide bonds. The number of benzene rings is 2. The van der Waals surface area contributed by atoms with Gasteiger partial charge in [-0.1, -0.05) is 0 Å². The molecule has 1 aliphatic rings. The Morgan fingerprint density at radius 2 is 1.48 bits per heavy atom. The lowest BCUT2D eigenvalue weighted by Crippen LogP contribution is -2.49. The monoisotopic (exact) mass is 496 g/mol. The molecule has 0 unspecified atom stereocenters. The third-order valence-electron chi connectivity index (χ3n) is 4.96. The first-order chi connectivity index (χ1) is 15.1. The summed E-state index contributed by atoms with van der Waals surface area (Å²) < 4.78 is 104. The molecule has 0 spiro atoms. The summed E-state index contributed by atoms with van der Waals surface area (Å²) in [5.74, 6) is -1.68. The second-order valence-electron chi connectivity index (χ2n) is 7.30. The van der Waals surface area contributed by atoms with Crippen molar-refractivity contribution in [2.24, 2.45) is 0 Å². The number of rotatable bonds is 4. The van der Waals surface area contributed by atoms with E-state index in [1.54, 1.807) is 4.90 Å². The molecule has 2 aromatic carbocycles. The molecule has 1 heterocycles. The predicted octanol–water partition coefficient (Wildman–Crippen LogP) is 3.97. The molecule has 33 heavy (non-hydrogen) atoms. The highest BCUT2D eigenvalue weighted by molar-refractivity contribution is 7.90. The van der Waals surface area contributed by atoms with Crippen molar-refractivity contribution in [2.45, 2.75) is 17.4 Å². The first-order valence-electron chi connectivity index (χ1n) is 9.46. The molecule has 1 fully saturated rings. The van der Waals surface area contributed by atoms with Crippen LogP contribution in [0.4, 0.5) is 32.0 Å². The zero-order chi connectivity index (χ0) is 24.6. The molecule has 6 nitrogen and oxygen atoms in total. The molecule has 13 heteroatoms. The van der Waals surface area contributed by atoms with E-state index >= 15 is 0 Å². The second kappa shape index (κ2) is 8.76. The Morgan fingerprint density at radius 3 is 1.97 bits per heavy atom. The minimum Gasteiger partial charge on any atom is -0.405 e. The fraction of sp³-hybridized carbons (Fsp3) is 0.350. The Balaban J connectivity index is 1.78. The van der Waals surface area contributed by atoms with Crippen molar-refractivity contribution in [3.63, 3.8) is 0 Å². The third kappa shape index (κ3) is 6.09. The van der Waals surface area contributed by atoms with E-state index in [1.807, 2.05) is 0 Å². The molecule has 2 aromatic rings. The number of sulfone groups is 1. The van der Waals surface area contributed by atoms with Crippen molar-refractivity contribution in [3.05, 3.63) is 53.6 Å². The molecule has 0 aromatic heterocycles. The molecule has 0 saturated carbocycles. The van der Waals surface area contributed by atoms with E-state index in [1.165, 1.54) is 17.0 Å². The Morgan fingerprint density at radius 1 is 0.909 bits per heavy atom. The summed E-state index contributed by atoms with van der Waals surface area (Å²) in [5.41, 5.74) is -0.864. The molecule has 180 valence electrons. The fourth-order valence-corrected chi connectivity index (χ4v) is 3.97. The van der Waals surface area contributed by atoms with Crippen molar-refractivity contribution in [3.8, 4) is 5.75 Å². The summed E-state index contributed by atoms with van der Waals surface area (Å²) in [5, 5.41) is 0. The van der Waals surface area contributed by atoms with Crippen LogP contribution in [0.3, 0.4) is 0 Å². The van der Waals surface area contributed by atoms with E-state index in [2.05, 4.69) is 4.74 Å². The van der Waals surface area contributed by atoms with Crippen LogP contribution in [-0.2, 0) is 16.0 Å². The summed E-state index contributed by atoms with van der Waals surface area (Å²) in [4.78, 5) is 15.5. The van der Waals surface area contributed by atoms with Gasteiger partial charge in [-0.3, -0.25) is 4.79 Å². The fourth-order valence-electron chi connectivity index (χ4n) is 3.32. The Bertz CT molecular complexity index is 1120. The van der Waals surface area contributed by atoms with Gasteiger partial charge in [0.2, 0.25) is 0 Å². The Kier molecular flexibility index (Phi) is 6.55. The standard InChI is InChI=1S/C20H18F6N2O4S/c1-33(30,31)15-6-7-17(32-20(24,25)26)16(12-15)18(29)28-10-8-27(9-11-28)14-4-2-13(3-5-14)19(21,22)23/h2-7,12H,8-11H2,1H3.